The third kappa shape index (κ3) is 2.11. The molecule has 2 aromatic carbocycles. The number of aromatic nitrogens is 2. The molecular formula is C14H10BrClN2O. The number of hydrogen-bond donors (Lipinski definition) is 1. The van der Waals surface area contributed by atoms with Gasteiger partial charge in [0.25, 0.3) is 0 Å². The highest BCUT2D eigenvalue weighted by Crippen LogP contribution is 2.39. The zero-order valence-electron chi connectivity index (χ0n) is 10.1. The van der Waals surface area contributed by atoms with Crippen LogP contribution in [0.25, 0.3) is 22.4 Å². The van der Waals surface area contributed by atoms with E-state index in [0.29, 0.717) is 16.6 Å². The van der Waals surface area contributed by atoms with Crippen LogP contribution in [0, 0.1) is 0 Å². The summed E-state index contributed by atoms with van der Waals surface area (Å²) < 4.78 is 6.18. The molecule has 3 aromatic rings. The van der Waals surface area contributed by atoms with Crippen molar-refractivity contribution in [2.45, 2.75) is 0 Å². The molecule has 3 nitrogen and oxygen atoms in total. The molecule has 0 fully saturated rings. The van der Waals surface area contributed by atoms with E-state index in [1.165, 1.54) is 0 Å². The summed E-state index contributed by atoms with van der Waals surface area (Å²) in [6, 6.07) is 11.6. The van der Waals surface area contributed by atoms with E-state index < -0.39 is 0 Å². The first kappa shape index (κ1) is 12.5. The van der Waals surface area contributed by atoms with Crippen LogP contribution in [0.5, 0.6) is 5.75 Å². The molecule has 0 radical (unpaired) electrons. The molecule has 1 heterocycles. The van der Waals surface area contributed by atoms with E-state index in [4.69, 9.17) is 16.3 Å². The van der Waals surface area contributed by atoms with Gasteiger partial charge < -0.3 is 9.72 Å². The number of nitrogens with zero attached hydrogens (tertiary/aromatic N) is 1. The van der Waals surface area contributed by atoms with Crippen molar-refractivity contribution in [3.8, 4) is 17.1 Å². The number of para-hydroxylation sites is 2. The summed E-state index contributed by atoms with van der Waals surface area (Å²) in [5.41, 5.74) is 2.63. The number of hydrogen-bond acceptors (Lipinski definition) is 2. The maximum atomic E-state index is 6.35. The molecule has 5 heteroatoms. The normalized spacial score (nSPS) is 10.9. The molecule has 0 atom stereocenters. The molecule has 0 aliphatic rings. The van der Waals surface area contributed by atoms with Crippen LogP contribution in [-0.4, -0.2) is 17.1 Å². The summed E-state index contributed by atoms with van der Waals surface area (Å²) in [5, 5.41) is 0.582. The van der Waals surface area contributed by atoms with Crippen LogP contribution in [-0.2, 0) is 0 Å². The number of fused-ring (bicyclic) bond motifs is 1. The summed E-state index contributed by atoms with van der Waals surface area (Å²) in [6.07, 6.45) is 0. The zero-order valence-corrected chi connectivity index (χ0v) is 12.4. The van der Waals surface area contributed by atoms with E-state index in [1.807, 2.05) is 36.4 Å². The highest BCUT2D eigenvalue weighted by molar-refractivity contribution is 9.10. The third-order valence-electron chi connectivity index (χ3n) is 2.90. The monoisotopic (exact) mass is 336 g/mol. The van der Waals surface area contributed by atoms with Gasteiger partial charge in [0.1, 0.15) is 11.6 Å². The molecule has 0 aliphatic carbocycles. The predicted molar refractivity (Wildman–Crippen MR) is 80.8 cm³/mol. The topological polar surface area (TPSA) is 37.9 Å². The second-order valence-electron chi connectivity index (χ2n) is 4.04. The fourth-order valence-corrected chi connectivity index (χ4v) is 2.57. The van der Waals surface area contributed by atoms with Crippen molar-refractivity contribution in [1.82, 2.24) is 9.97 Å². The summed E-state index contributed by atoms with van der Waals surface area (Å²) >= 11 is 9.77. The van der Waals surface area contributed by atoms with Gasteiger partial charge in [-0.3, -0.25) is 0 Å². The first-order valence-corrected chi connectivity index (χ1v) is 6.85. The van der Waals surface area contributed by atoms with E-state index >= 15 is 0 Å². The van der Waals surface area contributed by atoms with E-state index in [0.717, 1.165) is 21.1 Å². The molecule has 3 rings (SSSR count). The molecule has 0 saturated heterocycles. The van der Waals surface area contributed by atoms with Crippen LogP contribution in [0.15, 0.2) is 40.9 Å². The van der Waals surface area contributed by atoms with Crippen molar-refractivity contribution in [2.75, 3.05) is 7.11 Å². The molecule has 19 heavy (non-hydrogen) atoms. The largest absolute Gasteiger partial charge is 0.496 e. The Morgan fingerprint density at radius 2 is 2.00 bits per heavy atom. The number of imidazole rings is 1. The molecule has 0 unspecified atom stereocenters. The summed E-state index contributed by atoms with van der Waals surface area (Å²) in [7, 11) is 1.62. The van der Waals surface area contributed by atoms with E-state index in [9.17, 15) is 0 Å². The van der Waals surface area contributed by atoms with Gasteiger partial charge in [-0.2, -0.15) is 0 Å². The van der Waals surface area contributed by atoms with Gasteiger partial charge in [-0.1, -0.05) is 23.7 Å². The Labute approximate surface area is 123 Å². The molecule has 0 aliphatic heterocycles. The average Bonchev–Trinajstić information content (AvgIpc) is 2.84. The Morgan fingerprint density at radius 1 is 1.21 bits per heavy atom. The van der Waals surface area contributed by atoms with Gasteiger partial charge in [-0.15, -0.1) is 0 Å². The quantitative estimate of drug-likeness (QED) is 0.739. The lowest BCUT2D eigenvalue weighted by Crippen LogP contribution is -1.91. The zero-order chi connectivity index (χ0) is 13.4. The smallest absolute Gasteiger partial charge is 0.143 e. The van der Waals surface area contributed by atoms with Gasteiger partial charge in [-0.25, -0.2) is 4.98 Å². The Balaban J connectivity index is 2.28. The first-order chi connectivity index (χ1) is 9.20. The lowest BCUT2D eigenvalue weighted by molar-refractivity contribution is 0.416. The summed E-state index contributed by atoms with van der Waals surface area (Å²) in [5.74, 6) is 1.39. The molecule has 0 bridgehead atoms. The molecule has 96 valence electrons. The summed E-state index contributed by atoms with van der Waals surface area (Å²) in [6.45, 7) is 0. The molecule has 0 spiro atoms. The molecule has 0 saturated carbocycles. The standard InChI is InChI=1S/C14H10BrClN2O/c1-19-11-7-6-8(15)13(16)12(11)14-17-9-4-2-3-5-10(9)18-14/h2-7H,1H3,(H,17,18). The first-order valence-electron chi connectivity index (χ1n) is 5.68. The number of ether oxygens (including phenoxy) is 1. The highest BCUT2D eigenvalue weighted by Gasteiger charge is 2.16. The van der Waals surface area contributed by atoms with Crippen molar-refractivity contribution in [3.05, 3.63) is 45.9 Å². The van der Waals surface area contributed by atoms with Crippen molar-refractivity contribution < 1.29 is 4.74 Å². The fourth-order valence-electron chi connectivity index (χ4n) is 1.99. The number of halogens is 2. The molecular weight excluding hydrogens is 328 g/mol. The summed E-state index contributed by atoms with van der Waals surface area (Å²) in [4.78, 5) is 7.81. The number of aromatic amines is 1. The minimum atomic E-state index is 0.582. The Bertz CT molecular complexity index is 721. The minimum Gasteiger partial charge on any atom is -0.496 e. The predicted octanol–water partition coefficient (Wildman–Crippen LogP) is 4.65. The molecule has 1 N–H and O–H groups in total. The van der Waals surface area contributed by atoms with Gasteiger partial charge in [-0.05, 0) is 40.2 Å². The van der Waals surface area contributed by atoms with Gasteiger partial charge >= 0.3 is 0 Å². The van der Waals surface area contributed by atoms with E-state index in [1.54, 1.807) is 7.11 Å². The number of rotatable bonds is 2. The molecule has 1 aromatic heterocycles. The van der Waals surface area contributed by atoms with Crippen molar-refractivity contribution >= 4 is 38.6 Å². The third-order valence-corrected chi connectivity index (χ3v) is 4.18. The van der Waals surface area contributed by atoms with Crippen LogP contribution in [0.2, 0.25) is 5.02 Å². The van der Waals surface area contributed by atoms with Gasteiger partial charge in [0.15, 0.2) is 0 Å². The Hall–Kier alpha value is -1.52. The van der Waals surface area contributed by atoms with Gasteiger partial charge in [0.05, 0.1) is 28.7 Å². The van der Waals surface area contributed by atoms with E-state index in [2.05, 4.69) is 25.9 Å². The minimum absolute atomic E-state index is 0.582. The lowest BCUT2D eigenvalue weighted by atomic mass is 10.2. The van der Waals surface area contributed by atoms with Crippen LogP contribution < -0.4 is 4.74 Å². The SMILES string of the molecule is COc1ccc(Br)c(Cl)c1-c1nc2ccccc2[nH]1. The highest BCUT2D eigenvalue weighted by atomic mass is 79.9. The second-order valence-corrected chi connectivity index (χ2v) is 5.27. The van der Waals surface area contributed by atoms with Crippen molar-refractivity contribution in [2.24, 2.45) is 0 Å². The number of nitrogens with one attached hydrogen (secondary N) is 1. The second kappa shape index (κ2) is 4.87. The van der Waals surface area contributed by atoms with Gasteiger partial charge in [0, 0.05) is 4.47 Å². The molecule has 0 amide bonds. The lowest BCUT2D eigenvalue weighted by Gasteiger charge is -2.09. The van der Waals surface area contributed by atoms with Gasteiger partial charge in [0.2, 0.25) is 0 Å². The Morgan fingerprint density at radius 3 is 2.74 bits per heavy atom. The number of benzene rings is 2. The van der Waals surface area contributed by atoms with Crippen LogP contribution in [0.4, 0.5) is 0 Å². The van der Waals surface area contributed by atoms with Crippen molar-refractivity contribution in [1.29, 1.82) is 0 Å². The number of H-pyrrole nitrogens is 1. The van der Waals surface area contributed by atoms with Crippen LogP contribution in [0.3, 0.4) is 0 Å². The average molecular weight is 338 g/mol. The van der Waals surface area contributed by atoms with E-state index in [-0.39, 0.29) is 0 Å². The fraction of sp³-hybridized carbons (Fsp3) is 0.0714. The number of methoxy groups -OCH3 is 1. The maximum absolute atomic E-state index is 6.35. The van der Waals surface area contributed by atoms with Crippen LogP contribution >= 0.6 is 27.5 Å². The van der Waals surface area contributed by atoms with Crippen LogP contribution in [0.1, 0.15) is 0 Å². The Kier molecular flexibility index (Phi) is 3.21. The maximum Gasteiger partial charge on any atom is 0.143 e. The van der Waals surface area contributed by atoms with Crippen molar-refractivity contribution in [3.63, 3.8) is 0 Å².